The van der Waals surface area contributed by atoms with E-state index in [4.69, 9.17) is 4.52 Å². The van der Waals surface area contributed by atoms with Crippen LogP contribution in [0.4, 0.5) is 14.5 Å². The number of aryl methyl sites for hydroxylation is 1. The van der Waals surface area contributed by atoms with Crippen LogP contribution in [0.1, 0.15) is 35.8 Å². The van der Waals surface area contributed by atoms with Gasteiger partial charge in [-0.2, -0.15) is 4.98 Å². The summed E-state index contributed by atoms with van der Waals surface area (Å²) in [6.07, 6.45) is 3.76. The number of pyridine rings is 2. The number of rotatable bonds is 5. The van der Waals surface area contributed by atoms with Crippen molar-refractivity contribution in [2.24, 2.45) is 0 Å². The number of nitrogens with one attached hydrogen (secondary N) is 1. The number of fused-ring (bicyclic) bond motifs is 1. The van der Waals surface area contributed by atoms with Crippen LogP contribution in [0.2, 0.25) is 0 Å². The fourth-order valence-corrected chi connectivity index (χ4v) is 3.28. The van der Waals surface area contributed by atoms with E-state index in [-0.39, 0.29) is 6.54 Å². The van der Waals surface area contributed by atoms with Crippen LogP contribution in [0.25, 0.3) is 22.5 Å². The van der Waals surface area contributed by atoms with E-state index in [2.05, 4.69) is 25.4 Å². The summed E-state index contributed by atoms with van der Waals surface area (Å²) in [7, 11) is 0. The minimum Gasteiger partial charge on any atom is -0.380 e. The number of aromatic nitrogens is 4. The first-order valence-corrected chi connectivity index (χ1v) is 9.36. The van der Waals surface area contributed by atoms with E-state index in [0.717, 1.165) is 30.0 Å². The molecule has 1 saturated carbocycles. The van der Waals surface area contributed by atoms with Gasteiger partial charge in [0, 0.05) is 35.8 Å². The molecule has 0 unspecified atom stereocenters. The standard InChI is InChI=1S/C21H17F2N5O/c1-11-2-5-16-18(24-9-12-6-14(22)8-15(23)7-12)17(10-25-20(16)26-11)21-27-19(28-29-21)13-3-4-13/h2,5-8,10,13H,3-4,9H2,1H3,(H,24,25,26). The van der Waals surface area contributed by atoms with Crippen molar-refractivity contribution >= 4 is 16.7 Å². The van der Waals surface area contributed by atoms with Gasteiger partial charge in [-0.3, -0.25) is 0 Å². The fourth-order valence-electron chi connectivity index (χ4n) is 3.28. The molecule has 0 amide bonds. The molecule has 3 heterocycles. The third kappa shape index (κ3) is 3.53. The van der Waals surface area contributed by atoms with Gasteiger partial charge in [0.05, 0.1) is 11.3 Å². The molecule has 1 aromatic carbocycles. The molecule has 0 aliphatic heterocycles. The topological polar surface area (TPSA) is 76.7 Å². The molecular weight excluding hydrogens is 376 g/mol. The minimum absolute atomic E-state index is 0.207. The van der Waals surface area contributed by atoms with Crippen LogP contribution in [-0.2, 0) is 6.54 Å². The quantitative estimate of drug-likeness (QED) is 0.527. The highest BCUT2D eigenvalue weighted by atomic mass is 19.1. The highest BCUT2D eigenvalue weighted by Crippen LogP contribution is 2.40. The van der Waals surface area contributed by atoms with Gasteiger partial charge in [0.1, 0.15) is 11.6 Å². The SMILES string of the molecule is Cc1ccc2c(NCc3cc(F)cc(F)c3)c(-c3nc(C4CC4)no3)cnc2n1. The van der Waals surface area contributed by atoms with Crippen molar-refractivity contribution in [2.75, 3.05) is 5.32 Å². The maximum Gasteiger partial charge on any atom is 0.261 e. The summed E-state index contributed by atoms with van der Waals surface area (Å²) in [6.45, 7) is 2.09. The third-order valence-corrected chi connectivity index (χ3v) is 4.88. The normalized spacial score (nSPS) is 13.8. The Hall–Kier alpha value is -3.42. The van der Waals surface area contributed by atoms with Crippen molar-refractivity contribution in [3.05, 3.63) is 65.2 Å². The average Bonchev–Trinajstić information content (AvgIpc) is 3.42. The molecule has 0 spiro atoms. The summed E-state index contributed by atoms with van der Waals surface area (Å²) < 4.78 is 32.6. The average molecular weight is 393 g/mol. The van der Waals surface area contributed by atoms with Gasteiger partial charge in [-0.05, 0) is 49.6 Å². The zero-order valence-corrected chi connectivity index (χ0v) is 15.6. The molecule has 6 nitrogen and oxygen atoms in total. The van der Waals surface area contributed by atoms with E-state index in [1.807, 2.05) is 19.1 Å². The van der Waals surface area contributed by atoms with Crippen LogP contribution in [0.5, 0.6) is 0 Å². The number of hydrogen-bond donors (Lipinski definition) is 1. The van der Waals surface area contributed by atoms with E-state index in [0.29, 0.717) is 40.1 Å². The van der Waals surface area contributed by atoms with E-state index < -0.39 is 11.6 Å². The summed E-state index contributed by atoms with van der Waals surface area (Å²) in [5, 5.41) is 8.09. The van der Waals surface area contributed by atoms with E-state index >= 15 is 0 Å². The van der Waals surface area contributed by atoms with E-state index in [9.17, 15) is 8.78 Å². The number of benzene rings is 1. The smallest absolute Gasteiger partial charge is 0.261 e. The van der Waals surface area contributed by atoms with Crippen LogP contribution in [0.3, 0.4) is 0 Å². The van der Waals surface area contributed by atoms with Crippen LogP contribution in [0.15, 0.2) is 41.1 Å². The predicted molar refractivity (Wildman–Crippen MR) is 103 cm³/mol. The van der Waals surface area contributed by atoms with Gasteiger partial charge < -0.3 is 9.84 Å². The molecule has 4 aromatic rings. The second-order valence-electron chi connectivity index (χ2n) is 7.23. The van der Waals surface area contributed by atoms with Gasteiger partial charge in [-0.25, -0.2) is 18.7 Å². The highest BCUT2D eigenvalue weighted by molar-refractivity contribution is 5.96. The predicted octanol–water partition coefficient (Wildman–Crippen LogP) is 4.76. The summed E-state index contributed by atoms with van der Waals surface area (Å²) in [6, 6.07) is 7.21. The molecule has 0 atom stereocenters. The molecule has 0 bridgehead atoms. The summed E-state index contributed by atoms with van der Waals surface area (Å²) in [5.41, 5.74) is 3.17. The molecule has 0 saturated heterocycles. The number of nitrogens with zero attached hydrogens (tertiary/aromatic N) is 4. The summed E-state index contributed by atoms with van der Waals surface area (Å²) >= 11 is 0. The number of hydrogen-bond acceptors (Lipinski definition) is 6. The maximum atomic E-state index is 13.6. The van der Waals surface area contributed by atoms with Crippen molar-refractivity contribution in [3.8, 4) is 11.5 Å². The molecular formula is C21H17F2N5O. The first kappa shape index (κ1) is 17.7. The Morgan fingerprint density at radius 3 is 2.66 bits per heavy atom. The van der Waals surface area contributed by atoms with Crippen molar-refractivity contribution in [2.45, 2.75) is 32.2 Å². The molecule has 8 heteroatoms. The molecule has 3 aromatic heterocycles. The Balaban J connectivity index is 1.57. The maximum absolute atomic E-state index is 13.6. The third-order valence-electron chi connectivity index (χ3n) is 4.88. The van der Waals surface area contributed by atoms with Gasteiger partial charge >= 0.3 is 0 Å². The minimum atomic E-state index is -0.620. The Bertz CT molecular complexity index is 1200. The fraction of sp³-hybridized carbons (Fsp3) is 0.238. The first-order valence-electron chi connectivity index (χ1n) is 9.36. The van der Waals surface area contributed by atoms with Gasteiger partial charge in [0.15, 0.2) is 11.5 Å². The van der Waals surface area contributed by atoms with E-state index in [1.54, 1.807) is 6.20 Å². The van der Waals surface area contributed by atoms with Crippen LogP contribution < -0.4 is 5.32 Å². The second kappa shape index (κ2) is 6.88. The van der Waals surface area contributed by atoms with Gasteiger partial charge in [0.2, 0.25) is 0 Å². The Labute approximate surface area is 165 Å². The van der Waals surface area contributed by atoms with Gasteiger partial charge in [0.25, 0.3) is 5.89 Å². The van der Waals surface area contributed by atoms with Gasteiger partial charge in [-0.1, -0.05) is 5.16 Å². The summed E-state index contributed by atoms with van der Waals surface area (Å²) in [4.78, 5) is 13.4. The Morgan fingerprint density at radius 1 is 1.10 bits per heavy atom. The number of anilines is 1. The lowest BCUT2D eigenvalue weighted by Gasteiger charge is -2.13. The molecule has 1 aliphatic rings. The largest absolute Gasteiger partial charge is 0.380 e. The van der Waals surface area contributed by atoms with Crippen LogP contribution in [0, 0.1) is 18.6 Å². The monoisotopic (exact) mass is 393 g/mol. The van der Waals surface area contributed by atoms with E-state index in [1.165, 1.54) is 12.1 Å². The lowest BCUT2D eigenvalue weighted by Crippen LogP contribution is -2.04. The summed E-state index contributed by atoms with van der Waals surface area (Å²) in [5.74, 6) is 0.168. The Morgan fingerprint density at radius 2 is 1.90 bits per heavy atom. The van der Waals surface area contributed by atoms with Crippen molar-refractivity contribution in [3.63, 3.8) is 0 Å². The van der Waals surface area contributed by atoms with Crippen LogP contribution in [-0.4, -0.2) is 20.1 Å². The Kier molecular flexibility index (Phi) is 4.19. The first-order chi connectivity index (χ1) is 14.1. The molecule has 0 radical (unpaired) electrons. The molecule has 146 valence electrons. The van der Waals surface area contributed by atoms with Crippen molar-refractivity contribution in [1.29, 1.82) is 0 Å². The molecule has 1 N–H and O–H groups in total. The lowest BCUT2D eigenvalue weighted by atomic mass is 10.1. The highest BCUT2D eigenvalue weighted by Gasteiger charge is 2.29. The molecule has 1 fully saturated rings. The lowest BCUT2D eigenvalue weighted by molar-refractivity contribution is 0.423. The zero-order valence-electron chi connectivity index (χ0n) is 15.6. The molecule has 29 heavy (non-hydrogen) atoms. The van der Waals surface area contributed by atoms with Crippen molar-refractivity contribution < 1.29 is 13.3 Å². The molecule has 5 rings (SSSR count). The van der Waals surface area contributed by atoms with Crippen LogP contribution >= 0.6 is 0 Å². The zero-order chi connectivity index (χ0) is 20.0. The second-order valence-corrected chi connectivity index (χ2v) is 7.23. The molecule has 1 aliphatic carbocycles. The van der Waals surface area contributed by atoms with Gasteiger partial charge in [-0.15, -0.1) is 0 Å². The van der Waals surface area contributed by atoms with Crippen molar-refractivity contribution in [1.82, 2.24) is 20.1 Å². The number of halogens is 2.